The molecule has 1 heterocycles. The molecule has 1 saturated carbocycles. The fraction of sp³-hybridized carbons (Fsp3) is 0.700. The number of esters is 1. The van der Waals surface area contributed by atoms with E-state index in [0.29, 0.717) is 25.2 Å². The van der Waals surface area contributed by atoms with Gasteiger partial charge >= 0.3 is 35.5 Å². The summed E-state index contributed by atoms with van der Waals surface area (Å²) in [4.78, 5) is 39.6. The van der Waals surface area contributed by atoms with Gasteiger partial charge in [-0.1, -0.05) is 83.1 Å². The number of carbonyl (C=O) groups is 3. The molecule has 1 amide bonds. The largest absolute Gasteiger partial charge is 1.00 e. The van der Waals surface area contributed by atoms with Crippen LogP contribution >= 0.6 is 7.37 Å². The molecule has 40 heavy (non-hydrogen) atoms. The van der Waals surface area contributed by atoms with E-state index in [1.54, 1.807) is 13.8 Å². The van der Waals surface area contributed by atoms with Crippen LogP contribution in [0.4, 0.5) is 0 Å². The molecule has 4 atom stereocenters. The number of hydrogen-bond donors (Lipinski definition) is 0. The molecule has 1 aliphatic heterocycles. The number of carbonyl (C=O) groups excluding carboxylic acids is 3. The third-order valence-corrected chi connectivity index (χ3v) is 10.2. The van der Waals surface area contributed by atoms with Gasteiger partial charge in [0.05, 0.1) is 12.0 Å². The van der Waals surface area contributed by atoms with Gasteiger partial charge in [0.15, 0.2) is 0 Å². The number of aliphatic carboxylic acids is 1. The minimum absolute atomic E-state index is 0. The van der Waals surface area contributed by atoms with Crippen LogP contribution in [0.2, 0.25) is 0 Å². The number of hydrogen-bond acceptors (Lipinski definition) is 7. The number of amides is 1. The Bertz CT molecular complexity index is 1180. The van der Waals surface area contributed by atoms with Crippen LogP contribution in [-0.4, -0.2) is 53.9 Å². The van der Waals surface area contributed by atoms with E-state index in [1.807, 2.05) is 30.3 Å². The molecule has 0 radical (unpaired) electrons. The second-order valence-corrected chi connectivity index (χ2v) is 13.8. The molecule has 0 aromatic heterocycles. The zero-order chi connectivity index (χ0) is 32.7. The van der Waals surface area contributed by atoms with Gasteiger partial charge in [-0.25, -0.2) is 0 Å². The monoisotopic (exact) mass is 590 g/mol. The minimum atomic E-state index is -3.96. The Kier molecular flexibility index (Phi) is 11.8. The SMILES string of the molecule is [2H]C([2H])([2H])C([2H])([2H])C(=O)OC(OP(=O)(CCCCc1ccccc1)CC(=O)N1CC(C2CCCCC2)CC1C(=O)[O-])C(C)C.[Na+]. The van der Waals surface area contributed by atoms with E-state index in [4.69, 9.17) is 16.1 Å². The first-order chi connectivity index (χ1) is 20.5. The number of carboxylic acid groups (broad SMARTS) is 1. The molecule has 10 heteroatoms. The molecule has 0 spiro atoms. The van der Waals surface area contributed by atoms with Crippen molar-refractivity contribution in [1.29, 1.82) is 0 Å². The molecule has 218 valence electrons. The number of unbranched alkanes of at least 4 members (excludes halogenated alkanes) is 1. The average Bonchev–Trinajstić information content (AvgIpc) is 3.42. The molecule has 0 bridgehead atoms. The Morgan fingerprint density at radius 3 is 2.45 bits per heavy atom. The Labute approximate surface area is 268 Å². The van der Waals surface area contributed by atoms with Crippen molar-refractivity contribution >= 4 is 25.2 Å². The van der Waals surface area contributed by atoms with Crippen LogP contribution in [-0.2, 0) is 34.6 Å². The summed E-state index contributed by atoms with van der Waals surface area (Å²) in [6.45, 7) is 0.0301. The van der Waals surface area contributed by atoms with E-state index in [9.17, 15) is 24.1 Å². The topological polar surface area (TPSA) is 113 Å². The van der Waals surface area contributed by atoms with Crippen LogP contribution in [0.25, 0.3) is 0 Å². The third-order valence-electron chi connectivity index (χ3n) is 7.84. The van der Waals surface area contributed by atoms with Gasteiger partial charge in [-0.05, 0) is 43.1 Å². The maximum atomic E-state index is 14.4. The van der Waals surface area contributed by atoms with Crippen molar-refractivity contribution in [1.82, 2.24) is 4.90 Å². The maximum Gasteiger partial charge on any atom is 1.00 e. The zero-order valence-electron chi connectivity index (χ0n) is 29.0. The normalized spacial score (nSPS) is 24.4. The molecule has 1 aromatic carbocycles. The first kappa shape index (κ1) is 27.6. The van der Waals surface area contributed by atoms with Gasteiger partial charge in [-0.3, -0.25) is 18.7 Å². The van der Waals surface area contributed by atoms with Crippen molar-refractivity contribution in [2.24, 2.45) is 17.8 Å². The molecule has 1 aliphatic carbocycles. The van der Waals surface area contributed by atoms with Crippen molar-refractivity contribution < 1.29 is 69.7 Å². The zero-order valence-corrected chi connectivity index (χ0v) is 26.9. The standard InChI is InChI=1S/C30H46NO7P.Na/c1-4-28(33)37-30(22(2)3)38-39(36,18-12-11-15-23-13-7-5-8-14-23)21-27(32)31-20-25(19-26(31)29(34)35)24-16-9-6-10-17-24;/h5,7-8,13-14,22,24-26,30H,4,6,9-12,15-21H2,1-3H3,(H,34,35);/q;+1/p-1/i1D3,4D2;. The summed E-state index contributed by atoms with van der Waals surface area (Å²) in [6, 6.07) is 8.49. The van der Waals surface area contributed by atoms with E-state index in [2.05, 4.69) is 0 Å². The predicted molar refractivity (Wildman–Crippen MR) is 148 cm³/mol. The molecule has 2 aliphatic rings. The third kappa shape index (κ3) is 10.6. The van der Waals surface area contributed by atoms with E-state index >= 15 is 0 Å². The van der Waals surface area contributed by atoms with E-state index in [0.717, 1.165) is 37.7 Å². The van der Waals surface area contributed by atoms with Crippen LogP contribution in [0.1, 0.15) is 90.9 Å². The first-order valence-corrected chi connectivity index (χ1v) is 16.1. The fourth-order valence-corrected chi connectivity index (χ4v) is 8.01. The summed E-state index contributed by atoms with van der Waals surface area (Å²) in [5.74, 6) is -4.07. The van der Waals surface area contributed by atoms with E-state index in [1.165, 1.54) is 4.90 Å². The molecular formula is C30H45NNaO7P. The summed E-state index contributed by atoms with van der Waals surface area (Å²) < 4.78 is 62.9. The minimum Gasteiger partial charge on any atom is -0.548 e. The van der Waals surface area contributed by atoms with Gasteiger partial charge in [-0.15, -0.1) is 0 Å². The van der Waals surface area contributed by atoms with Crippen LogP contribution < -0.4 is 34.7 Å². The molecule has 8 nitrogen and oxygen atoms in total. The number of carboxylic acids is 1. The summed E-state index contributed by atoms with van der Waals surface area (Å²) in [6.07, 6.45) is 1.49. The molecule has 0 N–H and O–H groups in total. The van der Waals surface area contributed by atoms with Crippen molar-refractivity contribution in [3.8, 4) is 0 Å². The predicted octanol–water partition coefficient (Wildman–Crippen LogP) is 1.79. The van der Waals surface area contributed by atoms with Gasteiger partial charge in [-0.2, -0.15) is 0 Å². The number of aryl methyl sites for hydroxylation is 1. The second kappa shape index (κ2) is 17.1. The Morgan fingerprint density at radius 1 is 1.12 bits per heavy atom. The summed E-state index contributed by atoms with van der Waals surface area (Å²) in [5.41, 5.74) is 1.07. The Morgan fingerprint density at radius 2 is 1.82 bits per heavy atom. The van der Waals surface area contributed by atoms with Crippen LogP contribution in [0.3, 0.4) is 0 Å². The van der Waals surface area contributed by atoms with Gasteiger partial charge in [0.25, 0.3) is 0 Å². The molecule has 3 rings (SSSR count). The first-order valence-electron chi connectivity index (χ1n) is 16.6. The molecule has 1 aromatic rings. The Balaban J connectivity index is 0.00000705. The molecular weight excluding hydrogens is 540 g/mol. The molecule has 1 saturated heterocycles. The Hall–Kier alpha value is -1.18. The van der Waals surface area contributed by atoms with Crippen molar-refractivity contribution in [3.05, 3.63) is 35.9 Å². The van der Waals surface area contributed by atoms with Gasteiger partial charge in [0.1, 0.15) is 6.16 Å². The summed E-state index contributed by atoms with van der Waals surface area (Å²) in [7, 11) is -3.96. The summed E-state index contributed by atoms with van der Waals surface area (Å²) >= 11 is 0. The summed E-state index contributed by atoms with van der Waals surface area (Å²) in [5, 5.41) is 12.1. The van der Waals surface area contributed by atoms with Gasteiger partial charge in [0.2, 0.25) is 19.6 Å². The van der Waals surface area contributed by atoms with E-state index in [-0.39, 0.29) is 54.6 Å². The van der Waals surface area contributed by atoms with Crippen molar-refractivity contribution in [3.63, 3.8) is 0 Å². The smallest absolute Gasteiger partial charge is 0.548 e. The number of rotatable bonds is 14. The molecule has 2 fully saturated rings. The van der Waals surface area contributed by atoms with Crippen LogP contribution in [0.5, 0.6) is 0 Å². The van der Waals surface area contributed by atoms with Gasteiger partial charge in [0, 0.05) is 31.9 Å². The molecule has 4 unspecified atom stereocenters. The fourth-order valence-electron chi connectivity index (χ4n) is 5.71. The number of ether oxygens (including phenoxy) is 1. The average molecular weight is 591 g/mol. The van der Waals surface area contributed by atoms with Crippen LogP contribution in [0.15, 0.2) is 30.3 Å². The quantitative estimate of drug-likeness (QED) is 0.107. The second-order valence-electron chi connectivity index (χ2n) is 11.2. The van der Waals surface area contributed by atoms with Gasteiger partial charge < -0.3 is 19.5 Å². The van der Waals surface area contributed by atoms with Crippen molar-refractivity contribution in [2.75, 3.05) is 18.9 Å². The maximum absolute atomic E-state index is 14.4. The number of likely N-dealkylation sites (tertiary alicyclic amines) is 1. The number of nitrogens with zero attached hydrogens (tertiary/aromatic N) is 1. The number of benzene rings is 1. The van der Waals surface area contributed by atoms with Crippen LogP contribution in [0, 0.1) is 17.8 Å². The van der Waals surface area contributed by atoms with E-state index < -0.39 is 62.9 Å². The van der Waals surface area contributed by atoms with Crippen molar-refractivity contribution in [2.45, 2.75) is 97.2 Å².